The molecule has 1 aliphatic heterocycles. The Bertz CT molecular complexity index is 467. The fourth-order valence-corrected chi connectivity index (χ4v) is 2.70. The predicted molar refractivity (Wildman–Crippen MR) is 82.8 cm³/mol. The minimum Gasteiger partial charge on any atom is -0.398 e. The molecule has 1 fully saturated rings. The normalized spacial score (nSPS) is 17.7. The number of nitrogen functional groups attached to an aromatic ring is 1. The molecule has 0 spiro atoms. The summed E-state index contributed by atoms with van der Waals surface area (Å²) in [7, 11) is 0. The molecule has 0 aromatic heterocycles. The van der Waals surface area contributed by atoms with Gasteiger partial charge in [-0.25, -0.2) is 0 Å². The molecule has 1 amide bonds. The molecule has 1 aromatic carbocycles. The molecule has 0 aliphatic carbocycles. The highest BCUT2D eigenvalue weighted by Gasteiger charge is 2.18. The van der Waals surface area contributed by atoms with Gasteiger partial charge in [0.05, 0.1) is 5.56 Å². The molecule has 1 heterocycles. The highest BCUT2D eigenvalue weighted by molar-refractivity contribution is 5.99. The summed E-state index contributed by atoms with van der Waals surface area (Å²) in [6.45, 7) is 7.05. The predicted octanol–water partition coefficient (Wildman–Crippen LogP) is 2.18. The first-order chi connectivity index (χ1) is 9.59. The second kappa shape index (κ2) is 6.75. The topological polar surface area (TPSA) is 58.4 Å². The molecule has 1 aromatic rings. The zero-order chi connectivity index (χ0) is 14.5. The van der Waals surface area contributed by atoms with Crippen molar-refractivity contribution in [3.05, 3.63) is 29.3 Å². The van der Waals surface area contributed by atoms with Crippen molar-refractivity contribution >= 4 is 11.6 Å². The van der Waals surface area contributed by atoms with Crippen LogP contribution in [0.4, 0.5) is 5.69 Å². The Labute approximate surface area is 121 Å². The lowest BCUT2D eigenvalue weighted by molar-refractivity contribution is 0.0931. The van der Waals surface area contributed by atoms with Crippen LogP contribution in [-0.2, 0) is 0 Å². The van der Waals surface area contributed by atoms with Crippen LogP contribution in [-0.4, -0.2) is 36.5 Å². The number of amides is 1. The summed E-state index contributed by atoms with van der Waals surface area (Å²) in [4.78, 5) is 14.6. The molecular weight excluding hydrogens is 250 g/mol. The molecule has 2 rings (SSSR count). The zero-order valence-corrected chi connectivity index (χ0v) is 12.5. The van der Waals surface area contributed by atoms with E-state index in [0.29, 0.717) is 23.8 Å². The Hall–Kier alpha value is -1.55. The average Bonchev–Trinajstić information content (AvgIpc) is 2.48. The summed E-state index contributed by atoms with van der Waals surface area (Å²) < 4.78 is 0. The van der Waals surface area contributed by atoms with E-state index in [1.165, 1.54) is 19.3 Å². The van der Waals surface area contributed by atoms with Gasteiger partial charge in [-0.1, -0.05) is 18.6 Å². The van der Waals surface area contributed by atoms with E-state index in [-0.39, 0.29) is 5.91 Å². The zero-order valence-electron chi connectivity index (χ0n) is 12.5. The monoisotopic (exact) mass is 275 g/mol. The van der Waals surface area contributed by atoms with Crippen molar-refractivity contribution in [3.8, 4) is 0 Å². The van der Waals surface area contributed by atoms with Gasteiger partial charge in [0.25, 0.3) is 5.91 Å². The molecule has 4 nitrogen and oxygen atoms in total. The number of anilines is 1. The maximum atomic E-state index is 12.2. The Balaban J connectivity index is 1.89. The van der Waals surface area contributed by atoms with E-state index >= 15 is 0 Å². The SMILES string of the molecule is Cc1cccc(C(=O)NCC(C)N2CCCCC2)c1N. The minimum atomic E-state index is -0.0740. The number of benzene rings is 1. The molecule has 110 valence electrons. The highest BCUT2D eigenvalue weighted by atomic mass is 16.1. The van der Waals surface area contributed by atoms with E-state index in [1.54, 1.807) is 6.07 Å². The summed E-state index contributed by atoms with van der Waals surface area (Å²) in [6.07, 6.45) is 3.86. The van der Waals surface area contributed by atoms with Crippen molar-refractivity contribution in [1.29, 1.82) is 0 Å². The van der Waals surface area contributed by atoms with E-state index < -0.39 is 0 Å². The number of carbonyl (C=O) groups excluding carboxylic acids is 1. The number of piperidine rings is 1. The number of hydrogen-bond acceptors (Lipinski definition) is 3. The molecule has 1 saturated heterocycles. The summed E-state index contributed by atoms with van der Waals surface area (Å²) in [5.41, 5.74) is 8.07. The maximum absolute atomic E-state index is 12.2. The van der Waals surface area contributed by atoms with Gasteiger partial charge in [-0.05, 0) is 51.4 Å². The summed E-state index contributed by atoms with van der Waals surface area (Å²) in [6, 6.07) is 5.95. The molecule has 0 saturated carbocycles. The van der Waals surface area contributed by atoms with Crippen molar-refractivity contribution in [2.24, 2.45) is 0 Å². The fourth-order valence-electron chi connectivity index (χ4n) is 2.70. The third-order valence-electron chi connectivity index (χ3n) is 4.14. The molecule has 4 heteroatoms. The van der Waals surface area contributed by atoms with Crippen molar-refractivity contribution < 1.29 is 4.79 Å². The molecule has 0 bridgehead atoms. The van der Waals surface area contributed by atoms with Crippen LogP contribution in [0.1, 0.15) is 42.1 Å². The van der Waals surface area contributed by atoms with Gasteiger partial charge in [-0.15, -0.1) is 0 Å². The van der Waals surface area contributed by atoms with Crippen LogP contribution < -0.4 is 11.1 Å². The lowest BCUT2D eigenvalue weighted by Crippen LogP contribution is -2.44. The van der Waals surface area contributed by atoms with E-state index in [0.717, 1.165) is 18.7 Å². The number of carbonyl (C=O) groups is 1. The lowest BCUT2D eigenvalue weighted by Gasteiger charge is -2.32. The highest BCUT2D eigenvalue weighted by Crippen LogP contribution is 2.16. The molecular formula is C16H25N3O. The first-order valence-corrected chi connectivity index (χ1v) is 7.47. The van der Waals surface area contributed by atoms with Gasteiger partial charge in [0, 0.05) is 18.3 Å². The largest absolute Gasteiger partial charge is 0.398 e. The number of likely N-dealkylation sites (tertiary alicyclic amines) is 1. The van der Waals surface area contributed by atoms with Gasteiger partial charge in [-0.3, -0.25) is 9.69 Å². The summed E-state index contributed by atoms with van der Waals surface area (Å²) in [5.74, 6) is -0.0740. The van der Waals surface area contributed by atoms with E-state index in [9.17, 15) is 4.79 Å². The number of aryl methyl sites for hydroxylation is 1. The second-order valence-electron chi connectivity index (χ2n) is 5.69. The first kappa shape index (κ1) is 14.9. The van der Waals surface area contributed by atoms with Crippen LogP contribution in [0.25, 0.3) is 0 Å². The Morgan fingerprint density at radius 2 is 2.05 bits per heavy atom. The number of nitrogens with zero attached hydrogens (tertiary/aromatic N) is 1. The van der Waals surface area contributed by atoms with Gasteiger partial charge < -0.3 is 11.1 Å². The third kappa shape index (κ3) is 3.51. The molecule has 1 unspecified atom stereocenters. The number of nitrogens with two attached hydrogens (primary N) is 1. The van der Waals surface area contributed by atoms with Crippen molar-refractivity contribution in [2.75, 3.05) is 25.4 Å². The lowest BCUT2D eigenvalue weighted by atomic mass is 10.1. The van der Waals surface area contributed by atoms with Crippen LogP contribution in [0.5, 0.6) is 0 Å². The quantitative estimate of drug-likeness (QED) is 0.828. The van der Waals surface area contributed by atoms with Gasteiger partial charge >= 0.3 is 0 Å². The number of nitrogens with one attached hydrogen (secondary N) is 1. The maximum Gasteiger partial charge on any atom is 0.253 e. The van der Waals surface area contributed by atoms with Gasteiger partial charge in [-0.2, -0.15) is 0 Å². The smallest absolute Gasteiger partial charge is 0.253 e. The molecule has 1 atom stereocenters. The number of para-hydroxylation sites is 1. The fraction of sp³-hybridized carbons (Fsp3) is 0.562. The summed E-state index contributed by atoms with van der Waals surface area (Å²) in [5, 5.41) is 3.00. The standard InChI is InChI=1S/C16H25N3O/c1-12-7-6-8-14(15(12)17)16(20)18-11-13(2)19-9-4-3-5-10-19/h6-8,13H,3-5,9-11,17H2,1-2H3,(H,18,20). The van der Waals surface area contributed by atoms with E-state index in [4.69, 9.17) is 5.73 Å². The minimum absolute atomic E-state index is 0.0740. The Morgan fingerprint density at radius 3 is 2.75 bits per heavy atom. The van der Waals surface area contributed by atoms with E-state index in [2.05, 4.69) is 17.1 Å². The van der Waals surface area contributed by atoms with Crippen molar-refractivity contribution in [2.45, 2.75) is 39.2 Å². The second-order valence-corrected chi connectivity index (χ2v) is 5.69. The first-order valence-electron chi connectivity index (χ1n) is 7.47. The molecule has 20 heavy (non-hydrogen) atoms. The molecule has 0 radical (unpaired) electrons. The van der Waals surface area contributed by atoms with Gasteiger partial charge in [0.1, 0.15) is 0 Å². The summed E-state index contributed by atoms with van der Waals surface area (Å²) >= 11 is 0. The van der Waals surface area contributed by atoms with Gasteiger partial charge in [0.2, 0.25) is 0 Å². The van der Waals surface area contributed by atoms with Crippen LogP contribution >= 0.6 is 0 Å². The molecule has 1 aliphatic rings. The van der Waals surface area contributed by atoms with Crippen LogP contribution in [0, 0.1) is 6.92 Å². The van der Waals surface area contributed by atoms with Crippen LogP contribution in [0.2, 0.25) is 0 Å². The van der Waals surface area contributed by atoms with Gasteiger partial charge in [0.15, 0.2) is 0 Å². The Kier molecular flexibility index (Phi) is 5.01. The van der Waals surface area contributed by atoms with Crippen molar-refractivity contribution in [1.82, 2.24) is 10.2 Å². The number of rotatable bonds is 4. The third-order valence-corrected chi connectivity index (χ3v) is 4.14. The van der Waals surface area contributed by atoms with Crippen molar-refractivity contribution in [3.63, 3.8) is 0 Å². The average molecular weight is 275 g/mol. The van der Waals surface area contributed by atoms with Crippen LogP contribution in [0.3, 0.4) is 0 Å². The Morgan fingerprint density at radius 1 is 1.35 bits per heavy atom. The number of hydrogen-bond donors (Lipinski definition) is 2. The molecule has 3 N–H and O–H groups in total. The van der Waals surface area contributed by atoms with E-state index in [1.807, 2.05) is 19.1 Å². The van der Waals surface area contributed by atoms with Crippen LogP contribution in [0.15, 0.2) is 18.2 Å².